The molecule has 0 aliphatic carbocycles. The van der Waals surface area contributed by atoms with Gasteiger partial charge in [-0.05, 0) is 30.3 Å². The number of hydrogen-bond donors (Lipinski definition) is 1. The molecule has 2 aliphatic heterocycles. The normalized spacial score (nSPS) is 18.6. The number of benzene rings is 1. The number of anilines is 1. The molecule has 1 fully saturated rings. The minimum Gasteiger partial charge on any atom is -0.420 e. The highest BCUT2D eigenvalue weighted by Gasteiger charge is 2.42. The number of hydrogen-bond acceptors (Lipinski definition) is 7. The van der Waals surface area contributed by atoms with Gasteiger partial charge in [0.1, 0.15) is 11.0 Å². The number of nitrogens with zero attached hydrogens (tertiary/aromatic N) is 5. The quantitative estimate of drug-likeness (QED) is 0.589. The fourth-order valence-electron chi connectivity index (χ4n) is 4.19. The number of fused-ring (bicyclic) bond motifs is 2. The molecule has 2 amide bonds. The van der Waals surface area contributed by atoms with Crippen molar-refractivity contribution in [3.8, 4) is 0 Å². The van der Waals surface area contributed by atoms with Crippen molar-refractivity contribution in [2.45, 2.75) is 6.23 Å². The molecule has 1 saturated heterocycles. The average molecular weight is 468 g/mol. The van der Waals surface area contributed by atoms with Gasteiger partial charge in [0.2, 0.25) is 6.23 Å². The minimum atomic E-state index is -0.944. The third kappa shape index (κ3) is 4.10. The Balaban J connectivity index is 1.44. The fourth-order valence-corrected chi connectivity index (χ4v) is 4.33. The Hall–Kier alpha value is -3.27. The predicted octanol–water partition coefficient (Wildman–Crippen LogP) is 2.69. The maximum absolute atomic E-state index is 13.3. The number of pyridine rings is 2. The van der Waals surface area contributed by atoms with E-state index in [9.17, 15) is 9.59 Å². The summed E-state index contributed by atoms with van der Waals surface area (Å²) in [5.41, 5.74) is 1.47. The van der Waals surface area contributed by atoms with Crippen molar-refractivity contribution < 1.29 is 19.4 Å². The first-order valence-corrected chi connectivity index (χ1v) is 11.1. The van der Waals surface area contributed by atoms with Crippen molar-refractivity contribution in [1.29, 1.82) is 0 Å². The monoisotopic (exact) mass is 467 g/mol. The van der Waals surface area contributed by atoms with Gasteiger partial charge >= 0.3 is 6.09 Å². The van der Waals surface area contributed by atoms with Gasteiger partial charge in [0.25, 0.3) is 5.91 Å². The van der Waals surface area contributed by atoms with Gasteiger partial charge in [0.05, 0.1) is 6.61 Å². The summed E-state index contributed by atoms with van der Waals surface area (Å²) >= 11 is 6.02. The lowest BCUT2D eigenvalue weighted by molar-refractivity contribution is 0.0437. The van der Waals surface area contributed by atoms with Gasteiger partial charge in [-0.1, -0.05) is 29.8 Å². The van der Waals surface area contributed by atoms with E-state index in [1.54, 1.807) is 53.4 Å². The second-order valence-electron chi connectivity index (χ2n) is 7.90. The molecule has 1 unspecified atom stereocenters. The number of aromatic nitrogens is 2. The summed E-state index contributed by atoms with van der Waals surface area (Å²) in [6.45, 7) is 2.93. The lowest BCUT2D eigenvalue weighted by Crippen LogP contribution is -2.50. The largest absolute Gasteiger partial charge is 0.420 e. The molecule has 1 aromatic carbocycles. The first-order chi connectivity index (χ1) is 16.0. The molecule has 0 saturated carbocycles. The van der Waals surface area contributed by atoms with Crippen LogP contribution in [0.2, 0.25) is 5.15 Å². The Morgan fingerprint density at radius 2 is 1.82 bits per heavy atom. The van der Waals surface area contributed by atoms with Crippen LogP contribution in [-0.4, -0.2) is 76.2 Å². The summed E-state index contributed by atoms with van der Waals surface area (Å²) in [6.07, 6.45) is -1.44. The second-order valence-corrected chi connectivity index (χ2v) is 8.29. The number of piperazine rings is 1. The minimum absolute atomic E-state index is 0.0825. The SMILES string of the molecule is O=C(OC1c2ccccc2C(=O)N1c1ccc2ccc(Cl)nc2n1)N1CCN(CCO)CC1. The zero-order valence-corrected chi connectivity index (χ0v) is 18.5. The molecule has 2 aromatic heterocycles. The number of carbonyl (C=O) groups excluding carboxylic acids is 2. The summed E-state index contributed by atoms with van der Waals surface area (Å²) in [5, 5.41) is 10.2. The molecule has 170 valence electrons. The Bertz CT molecular complexity index is 1210. The molecule has 33 heavy (non-hydrogen) atoms. The Morgan fingerprint density at radius 1 is 1.06 bits per heavy atom. The number of amides is 2. The predicted molar refractivity (Wildman–Crippen MR) is 122 cm³/mol. The van der Waals surface area contributed by atoms with Crippen molar-refractivity contribution in [1.82, 2.24) is 19.8 Å². The van der Waals surface area contributed by atoms with E-state index in [0.717, 1.165) is 5.39 Å². The molecule has 4 heterocycles. The van der Waals surface area contributed by atoms with Crippen LogP contribution in [0.1, 0.15) is 22.1 Å². The zero-order chi connectivity index (χ0) is 22.9. The summed E-state index contributed by atoms with van der Waals surface area (Å²) in [7, 11) is 0. The van der Waals surface area contributed by atoms with Gasteiger partial charge in [0.15, 0.2) is 5.65 Å². The van der Waals surface area contributed by atoms with Crippen LogP contribution in [0.3, 0.4) is 0 Å². The lowest BCUT2D eigenvalue weighted by Gasteiger charge is -2.35. The molecular formula is C23H22ClN5O4. The van der Waals surface area contributed by atoms with E-state index in [1.807, 2.05) is 0 Å². The van der Waals surface area contributed by atoms with Crippen LogP contribution >= 0.6 is 11.6 Å². The maximum Gasteiger partial charge on any atom is 0.412 e. The van der Waals surface area contributed by atoms with Crippen LogP contribution in [0, 0.1) is 0 Å². The van der Waals surface area contributed by atoms with E-state index in [0.29, 0.717) is 60.5 Å². The highest BCUT2D eigenvalue weighted by atomic mass is 35.5. The number of rotatable bonds is 4. The highest BCUT2D eigenvalue weighted by Crippen LogP contribution is 2.38. The maximum atomic E-state index is 13.3. The lowest BCUT2D eigenvalue weighted by atomic mass is 10.1. The molecule has 0 spiro atoms. The molecule has 3 aromatic rings. The first-order valence-electron chi connectivity index (χ1n) is 10.7. The van der Waals surface area contributed by atoms with E-state index < -0.39 is 12.3 Å². The fraction of sp³-hybridized carbons (Fsp3) is 0.304. The number of aliphatic hydroxyl groups is 1. The molecule has 0 bridgehead atoms. The Kier molecular flexibility index (Phi) is 5.84. The molecule has 5 rings (SSSR count). The van der Waals surface area contributed by atoms with Crippen LogP contribution in [-0.2, 0) is 4.74 Å². The van der Waals surface area contributed by atoms with Gasteiger partial charge in [-0.3, -0.25) is 14.6 Å². The Morgan fingerprint density at radius 3 is 2.61 bits per heavy atom. The van der Waals surface area contributed by atoms with Gasteiger partial charge in [-0.25, -0.2) is 14.8 Å². The first kappa shape index (κ1) is 21.6. The van der Waals surface area contributed by atoms with E-state index in [-0.39, 0.29) is 12.5 Å². The second kappa shape index (κ2) is 8.93. The van der Waals surface area contributed by atoms with Gasteiger partial charge in [-0.2, -0.15) is 0 Å². The van der Waals surface area contributed by atoms with E-state index >= 15 is 0 Å². The number of halogens is 1. The van der Waals surface area contributed by atoms with Gasteiger partial charge in [-0.15, -0.1) is 0 Å². The molecule has 9 nitrogen and oxygen atoms in total. The van der Waals surface area contributed by atoms with Crippen LogP contribution in [0.5, 0.6) is 0 Å². The number of aliphatic hydroxyl groups excluding tert-OH is 1. The molecule has 1 N–H and O–H groups in total. The molecule has 10 heteroatoms. The van der Waals surface area contributed by atoms with Gasteiger partial charge in [0, 0.05) is 49.2 Å². The summed E-state index contributed by atoms with van der Waals surface area (Å²) in [6, 6.07) is 14.0. The highest BCUT2D eigenvalue weighted by molar-refractivity contribution is 6.29. The molecule has 1 atom stereocenters. The molecule has 2 aliphatic rings. The van der Waals surface area contributed by atoms with E-state index in [1.165, 1.54) is 4.90 Å². The zero-order valence-electron chi connectivity index (χ0n) is 17.7. The summed E-state index contributed by atoms with van der Waals surface area (Å²) < 4.78 is 5.88. The topological polar surface area (TPSA) is 99.1 Å². The molecular weight excluding hydrogens is 446 g/mol. The van der Waals surface area contributed by atoms with E-state index in [4.69, 9.17) is 21.4 Å². The Labute approximate surface area is 195 Å². The van der Waals surface area contributed by atoms with Crippen molar-refractivity contribution >= 4 is 40.5 Å². The third-order valence-electron chi connectivity index (χ3n) is 5.92. The van der Waals surface area contributed by atoms with Crippen LogP contribution in [0.25, 0.3) is 11.0 Å². The van der Waals surface area contributed by atoms with E-state index in [2.05, 4.69) is 14.9 Å². The number of carbonyl (C=O) groups is 2. The smallest absolute Gasteiger partial charge is 0.412 e. The number of ether oxygens (including phenoxy) is 1. The third-order valence-corrected chi connectivity index (χ3v) is 6.13. The van der Waals surface area contributed by atoms with Crippen molar-refractivity contribution in [2.24, 2.45) is 0 Å². The number of β-amino-alcohol motifs (C(OH)–C–C–N with tert-alkyl or cyclic N) is 1. The average Bonchev–Trinajstić information content (AvgIpc) is 3.11. The standard InChI is InChI=1S/C23H22ClN5O4/c24-18-7-5-15-6-8-19(26-20(15)25-18)29-21(31)16-3-1-2-4-17(16)22(29)33-23(32)28-11-9-27(10-12-28)13-14-30/h1-8,22,30H,9-14H2. The summed E-state index contributed by atoms with van der Waals surface area (Å²) in [4.78, 5) is 40.2. The molecule has 0 radical (unpaired) electrons. The van der Waals surface area contributed by atoms with Crippen LogP contribution < -0.4 is 4.90 Å². The van der Waals surface area contributed by atoms with Crippen molar-refractivity contribution in [2.75, 3.05) is 44.2 Å². The van der Waals surface area contributed by atoms with Crippen LogP contribution in [0.4, 0.5) is 10.6 Å². The van der Waals surface area contributed by atoms with Crippen LogP contribution in [0.15, 0.2) is 48.5 Å². The van der Waals surface area contributed by atoms with Gasteiger partial charge < -0.3 is 14.7 Å². The summed E-state index contributed by atoms with van der Waals surface area (Å²) in [5.74, 6) is 0.0223. The van der Waals surface area contributed by atoms with Crippen molar-refractivity contribution in [3.63, 3.8) is 0 Å². The van der Waals surface area contributed by atoms with Crippen molar-refractivity contribution in [3.05, 3.63) is 64.8 Å².